The number of ether oxygens (including phenoxy) is 4. The third-order valence-corrected chi connectivity index (χ3v) is 6.04. The molecule has 7 nitrogen and oxygen atoms in total. The number of aryl methyl sites for hydroxylation is 2. The first-order valence-corrected chi connectivity index (χ1v) is 11.7. The molecule has 2 aromatic carbocycles. The van der Waals surface area contributed by atoms with Gasteiger partial charge in [-0.1, -0.05) is 18.2 Å². The Kier molecular flexibility index (Phi) is 7.87. The van der Waals surface area contributed by atoms with Gasteiger partial charge in [0, 0.05) is 43.9 Å². The van der Waals surface area contributed by atoms with E-state index in [0.717, 1.165) is 40.0 Å². The molecule has 7 heteroatoms. The van der Waals surface area contributed by atoms with E-state index in [9.17, 15) is 4.79 Å². The molecule has 1 aliphatic rings. The summed E-state index contributed by atoms with van der Waals surface area (Å²) in [5, 5.41) is 9.06. The topological polar surface area (TPSA) is 87.1 Å². The van der Waals surface area contributed by atoms with Crippen molar-refractivity contribution in [3.8, 4) is 28.5 Å². The maximum atomic E-state index is 11.0. The molecule has 1 atom stereocenters. The van der Waals surface area contributed by atoms with Crippen LogP contribution < -0.4 is 14.2 Å². The lowest BCUT2D eigenvalue weighted by Crippen LogP contribution is -2.07. The minimum Gasteiger partial charge on any atom is -0.493 e. The second kappa shape index (κ2) is 11.2. The number of hydrogen-bond donors (Lipinski definition) is 1. The van der Waals surface area contributed by atoms with Crippen LogP contribution in [0.25, 0.3) is 11.1 Å². The summed E-state index contributed by atoms with van der Waals surface area (Å²) < 4.78 is 22.5. The molecule has 0 saturated carbocycles. The van der Waals surface area contributed by atoms with E-state index in [-0.39, 0.29) is 12.3 Å². The maximum absolute atomic E-state index is 11.0. The Morgan fingerprint density at radius 3 is 2.66 bits per heavy atom. The summed E-state index contributed by atoms with van der Waals surface area (Å²) in [6, 6.07) is 14.2. The molecular formula is C28H31NO6. The van der Waals surface area contributed by atoms with Gasteiger partial charge in [-0.3, -0.25) is 4.79 Å². The van der Waals surface area contributed by atoms with Crippen LogP contribution in [0.1, 0.15) is 41.0 Å². The molecule has 184 valence electrons. The summed E-state index contributed by atoms with van der Waals surface area (Å²) in [5.41, 5.74) is 6.45. The lowest BCUT2D eigenvalue weighted by Gasteiger charge is -2.15. The molecule has 0 bridgehead atoms. The molecule has 0 amide bonds. The predicted octanol–water partition coefficient (Wildman–Crippen LogP) is 5.31. The molecule has 1 aromatic heterocycles. The molecule has 1 unspecified atom stereocenters. The Labute approximate surface area is 205 Å². The van der Waals surface area contributed by atoms with E-state index < -0.39 is 5.97 Å². The molecule has 0 radical (unpaired) electrons. The van der Waals surface area contributed by atoms with Crippen molar-refractivity contribution in [1.29, 1.82) is 0 Å². The number of pyridine rings is 1. The van der Waals surface area contributed by atoms with Gasteiger partial charge in [-0.15, -0.1) is 0 Å². The standard InChI is InChI=1S/C28H31NO6/c1-18-10-23(33-9-5-8-32-3)11-19(2)28(18)21-7-4-6-20(12-21)16-35-26-14-25-24(15-29-26)22(17-34-25)13-27(30)31/h4,6-7,10-12,14-15,22H,5,8-9,13,16-17H2,1-3H3,(H,30,31). The number of methoxy groups -OCH3 is 1. The predicted molar refractivity (Wildman–Crippen MR) is 132 cm³/mol. The smallest absolute Gasteiger partial charge is 0.304 e. The highest BCUT2D eigenvalue weighted by Crippen LogP contribution is 2.37. The van der Waals surface area contributed by atoms with Gasteiger partial charge in [0.15, 0.2) is 0 Å². The van der Waals surface area contributed by atoms with Gasteiger partial charge < -0.3 is 24.1 Å². The zero-order valence-electron chi connectivity index (χ0n) is 20.4. The minimum absolute atomic E-state index is 0.0292. The summed E-state index contributed by atoms with van der Waals surface area (Å²) in [7, 11) is 1.69. The monoisotopic (exact) mass is 477 g/mol. The molecule has 4 rings (SSSR count). The number of carboxylic acids is 1. The number of rotatable bonds is 11. The van der Waals surface area contributed by atoms with Crippen molar-refractivity contribution >= 4 is 5.97 Å². The van der Waals surface area contributed by atoms with Gasteiger partial charge in [0.05, 0.1) is 19.6 Å². The van der Waals surface area contributed by atoms with Gasteiger partial charge >= 0.3 is 5.97 Å². The first-order chi connectivity index (χ1) is 16.9. The van der Waals surface area contributed by atoms with Crippen LogP contribution in [0.3, 0.4) is 0 Å². The largest absolute Gasteiger partial charge is 0.493 e. The number of benzene rings is 2. The van der Waals surface area contributed by atoms with Crippen LogP contribution >= 0.6 is 0 Å². The van der Waals surface area contributed by atoms with Crippen LogP contribution in [0.2, 0.25) is 0 Å². The van der Waals surface area contributed by atoms with Gasteiger partial charge in [0.1, 0.15) is 18.1 Å². The van der Waals surface area contributed by atoms with E-state index in [1.54, 1.807) is 19.4 Å². The fraction of sp³-hybridized carbons (Fsp3) is 0.357. The number of aromatic nitrogens is 1. The number of hydrogen-bond acceptors (Lipinski definition) is 6. The van der Waals surface area contributed by atoms with Crippen molar-refractivity contribution in [3.05, 3.63) is 70.9 Å². The number of aliphatic carboxylic acids is 1. The summed E-state index contributed by atoms with van der Waals surface area (Å²) in [6.45, 7) is 6.21. The Bertz CT molecular complexity index is 1170. The van der Waals surface area contributed by atoms with Crippen molar-refractivity contribution in [2.75, 3.05) is 26.9 Å². The number of nitrogens with zero attached hydrogens (tertiary/aromatic N) is 1. The number of carbonyl (C=O) groups is 1. The molecule has 0 saturated heterocycles. The van der Waals surface area contributed by atoms with Gasteiger partial charge in [-0.25, -0.2) is 4.98 Å². The van der Waals surface area contributed by atoms with Gasteiger partial charge in [-0.05, 0) is 59.9 Å². The Hall–Kier alpha value is -3.58. The van der Waals surface area contributed by atoms with Gasteiger partial charge in [0.25, 0.3) is 0 Å². The Balaban J connectivity index is 1.43. The Morgan fingerprint density at radius 1 is 1.11 bits per heavy atom. The average molecular weight is 478 g/mol. The van der Waals surface area contributed by atoms with Crippen molar-refractivity contribution in [1.82, 2.24) is 4.98 Å². The molecule has 2 heterocycles. The van der Waals surface area contributed by atoms with Crippen LogP contribution in [0.4, 0.5) is 0 Å². The maximum Gasteiger partial charge on any atom is 0.304 e. The highest BCUT2D eigenvalue weighted by Gasteiger charge is 2.27. The van der Waals surface area contributed by atoms with Crippen molar-refractivity contribution in [3.63, 3.8) is 0 Å². The van der Waals surface area contributed by atoms with Crippen molar-refractivity contribution in [2.24, 2.45) is 0 Å². The second-order valence-electron chi connectivity index (χ2n) is 8.78. The van der Waals surface area contributed by atoms with Crippen LogP contribution in [-0.2, 0) is 16.1 Å². The van der Waals surface area contributed by atoms with E-state index in [1.165, 1.54) is 5.56 Å². The van der Waals surface area contributed by atoms with E-state index in [0.29, 0.717) is 38.1 Å². The summed E-state index contributed by atoms with van der Waals surface area (Å²) in [4.78, 5) is 15.4. The van der Waals surface area contributed by atoms with E-state index in [2.05, 4.69) is 43.1 Å². The van der Waals surface area contributed by atoms with Gasteiger partial charge in [-0.2, -0.15) is 0 Å². The highest BCUT2D eigenvalue weighted by atomic mass is 16.5. The lowest BCUT2D eigenvalue weighted by atomic mass is 9.94. The van der Waals surface area contributed by atoms with Crippen LogP contribution in [0, 0.1) is 13.8 Å². The van der Waals surface area contributed by atoms with Crippen LogP contribution in [-0.4, -0.2) is 43.0 Å². The minimum atomic E-state index is -0.846. The lowest BCUT2D eigenvalue weighted by molar-refractivity contribution is -0.137. The SMILES string of the molecule is COCCCOc1cc(C)c(-c2cccc(COc3cc4c(cn3)C(CC(=O)O)CO4)c2)c(C)c1. The summed E-state index contributed by atoms with van der Waals surface area (Å²) >= 11 is 0. The fourth-order valence-electron chi connectivity index (χ4n) is 4.43. The third-order valence-electron chi connectivity index (χ3n) is 6.04. The summed E-state index contributed by atoms with van der Waals surface area (Å²) in [5.74, 6) is 0.948. The second-order valence-corrected chi connectivity index (χ2v) is 8.78. The average Bonchev–Trinajstić information content (AvgIpc) is 3.22. The summed E-state index contributed by atoms with van der Waals surface area (Å²) in [6.07, 6.45) is 2.54. The Morgan fingerprint density at radius 2 is 1.91 bits per heavy atom. The molecule has 35 heavy (non-hydrogen) atoms. The molecule has 3 aromatic rings. The number of fused-ring (bicyclic) bond motifs is 1. The van der Waals surface area contributed by atoms with Gasteiger partial charge in [0.2, 0.25) is 5.88 Å². The zero-order valence-corrected chi connectivity index (χ0v) is 20.4. The quantitative estimate of drug-likeness (QED) is 0.375. The van der Waals surface area contributed by atoms with E-state index in [1.807, 2.05) is 12.1 Å². The van der Waals surface area contributed by atoms with Crippen molar-refractivity contribution in [2.45, 2.75) is 39.2 Å². The fourth-order valence-corrected chi connectivity index (χ4v) is 4.43. The van der Waals surface area contributed by atoms with Crippen LogP contribution in [0.15, 0.2) is 48.7 Å². The van der Waals surface area contributed by atoms with Crippen LogP contribution in [0.5, 0.6) is 17.4 Å². The molecular weight excluding hydrogens is 446 g/mol. The molecule has 0 fully saturated rings. The van der Waals surface area contributed by atoms with E-state index in [4.69, 9.17) is 24.1 Å². The highest BCUT2D eigenvalue weighted by molar-refractivity contribution is 5.72. The number of carboxylic acid groups (broad SMARTS) is 1. The first kappa shape index (κ1) is 24.5. The molecule has 1 aliphatic heterocycles. The third kappa shape index (κ3) is 6.11. The van der Waals surface area contributed by atoms with Crippen molar-refractivity contribution < 1.29 is 28.8 Å². The molecule has 0 aliphatic carbocycles. The van der Waals surface area contributed by atoms with E-state index >= 15 is 0 Å². The normalized spacial score (nSPS) is 14.3. The zero-order chi connectivity index (χ0) is 24.8. The first-order valence-electron chi connectivity index (χ1n) is 11.7. The molecule has 0 spiro atoms. The molecule has 1 N–H and O–H groups in total.